The van der Waals surface area contributed by atoms with Gasteiger partial charge < -0.3 is 15.8 Å². The molecule has 0 bridgehead atoms. The van der Waals surface area contributed by atoms with E-state index in [1.54, 1.807) is 0 Å². The van der Waals surface area contributed by atoms with Gasteiger partial charge in [0.05, 0.1) is 6.61 Å². The molecular weight excluding hydrogens is 160 g/mol. The Bertz CT molecular complexity index is 159. The molecule has 0 aromatic heterocycles. The number of unbranched alkanes of at least 4 members (excludes halogenated alkanes) is 1. The van der Waals surface area contributed by atoms with Crippen molar-refractivity contribution in [3.05, 3.63) is 0 Å². The van der Waals surface area contributed by atoms with E-state index in [0.717, 1.165) is 12.8 Å². The van der Waals surface area contributed by atoms with Crippen molar-refractivity contribution in [2.75, 3.05) is 13.2 Å². The number of primary amides is 1. The van der Waals surface area contributed by atoms with Crippen LogP contribution in [0.25, 0.3) is 0 Å². The van der Waals surface area contributed by atoms with Gasteiger partial charge in [-0.25, -0.2) is 4.79 Å². The lowest BCUT2D eigenvalue weighted by Crippen LogP contribution is -2.34. The van der Waals surface area contributed by atoms with Gasteiger partial charge in [-0.1, -0.05) is 13.3 Å². The summed E-state index contributed by atoms with van der Waals surface area (Å²) >= 11 is 0. The second kappa shape index (κ2) is 6.45. The van der Waals surface area contributed by atoms with E-state index in [2.05, 4.69) is 5.32 Å². The smallest absolute Gasteiger partial charge is 0.325 e. The highest BCUT2D eigenvalue weighted by Crippen LogP contribution is 1.87. The van der Waals surface area contributed by atoms with Gasteiger partial charge in [-0.05, 0) is 6.42 Å². The Morgan fingerprint density at radius 2 is 2.17 bits per heavy atom. The third-order valence-corrected chi connectivity index (χ3v) is 1.17. The third-order valence-electron chi connectivity index (χ3n) is 1.17. The van der Waals surface area contributed by atoms with Gasteiger partial charge in [-0.15, -0.1) is 0 Å². The Balaban J connectivity index is 3.28. The normalized spacial score (nSPS) is 9.08. The number of rotatable bonds is 5. The van der Waals surface area contributed by atoms with Crippen molar-refractivity contribution in [1.29, 1.82) is 0 Å². The number of nitrogens with one attached hydrogen (secondary N) is 1. The van der Waals surface area contributed by atoms with Crippen LogP contribution in [-0.4, -0.2) is 25.2 Å². The molecule has 0 rings (SSSR count). The SMILES string of the molecule is CCCCOC(=O)CNC(N)=O. The quantitative estimate of drug-likeness (QED) is 0.454. The highest BCUT2D eigenvalue weighted by atomic mass is 16.5. The first-order valence-electron chi connectivity index (χ1n) is 3.85. The molecule has 2 amide bonds. The van der Waals surface area contributed by atoms with Crippen LogP contribution in [0.4, 0.5) is 4.79 Å². The summed E-state index contributed by atoms with van der Waals surface area (Å²) in [6, 6.07) is -0.720. The summed E-state index contributed by atoms with van der Waals surface area (Å²) in [5.41, 5.74) is 4.74. The molecule has 12 heavy (non-hydrogen) atoms. The van der Waals surface area contributed by atoms with Gasteiger partial charge >= 0.3 is 12.0 Å². The van der Waals surface area contributed by atoms with Crippen LogP contribution in [0.5, 0.6) is 0 Å². The molecule has 0 atom stereocenters. The van der Waals surface area contributed by atoms with Crippen LogP contribution in [0.3, 0.4) is 0 Å². The fourth-order valence-corrected chi connectivity index (χ4v) is 0.541. The van der Waals surface area contributed by atoms with Crippen molar-refractivity contribution in [3.8, 4) is 0 Å². The highest BCUT2D eigenvalue weighted by molar-refractivity contribution is 5.79. The lowest BCUT2D eigenvalue weighted by Gasteiger charge is -2.03. The van der Waals surface area contributed by atoms with E-state index in [0.29, 0.717) is 6.61 Å². The van der Waals surface area contributed by atoms with Crippen molar-refractivity contribution in [2.24, 2.45) is 5.73 Å². The number of nitrogens with two attached hydrogens (primary N) is 1. The molecule has 0 heterocycles. The molecule has 5 heteroatoms. The summed E-state index contributed by atoms with van der Waals surface area (Å²) in [7, 11) is 0. The van der Waals surface area contributed by atoms with E-state index in [1.165, 1.54) is 0 Å². The molecule has 0 radical (unpaired) electrons. The minimum absolute atomic E-state index is 0.154. The minimum Gasteiger partial charge on any atom is -0.464 e. The first kappa shape index (κ1) is 10.7. The molecule has 0 aliphatic rings. The Hall–Kier alpha value is -1.26. The first-order valence-corrected chi connectivity index (χ1v) is 3.85. The van der Waals surface area contributed by atoms with E-state index in [-0.39, 0.29) is 6.54 Å². The lowest BCUT2D eigenvalue weighted by molar-refractivity contribution is -0.142. The van der Waals surface area contributed by atoms with Crippen LogP contribution in [0.15, 0.2) is 0 Å². The molecule has 0 unspecified atom stereocenters. The number of carbonyl (C=O) groups is 2. The standard InChI is InChI=1S/C7H14N2O3/c1-2-3-4-12-6(10)5-9-7(8)11/h2-5H2,1H3,(H3,8,9,11). The van der Waals surface area contributed by atoms with Crippen LogP contribution in [0.1, 0.15) is 19.8 Å². The number of ether oxygens (including phenoxy) is 1. The summed E-state index contributed by atoms with van der Waals surface area (Å²) in [6.07, 6.45) is 1.80. The average molecular weight is 174 g/mol. The number of amides is 2. The lowest BCUT2D eigenvalue weighted by atomic mass is 10.4. The highest BCUT2D eigenvalue weighted by Gasteiger charge is 2.02. The van der Waals surface area contributed by atoms with Crippen molar-refractivity contribution >= 4 is 12.0 Å². The van der Waals surface area contributed by atoms with Crippen LogP contribution in [0, 0.1) is 0 Å². The van der Waals surface area contributed by atoms with Crippen molar-refractivity contribution < 1.29 is 14.3 Å². The van der Waals surface area contributed by atoms with Crippen molar-refractivity contribution in [3.63, 3.8) is 0 Å². The summed E-state index contributed by atoms with van der Waals surface area (Å²) < 4.78 is 4.72. The fourth-order valence-electron chi connectivity index (χ4n) is 0.541. The summed E-state index contributed by atoms with van der Waals surface area (Å²) in [5.74, 6) is -0.456. The molecule has 0 aromatic carbocycles. The van der Waals surface area contributed by atoms with E-state index in [1.807, 2.05) is 6.92 Å². The second-order valence-electron chi connectivity index (χ2n) is 2.29. The van der Waals surface area contributed by atoms with Gasteiger partial charge in [-0.3, -0.25) is 4.79 Å². The molecule has 0 aliphatic carbocycles. The predicted octanol–water partition coefficient (Wildman–Crippen LogP) is -0.00200. The monoisotopic (exact) mass is 174 g/mol. The Morgan fingerprint density at radius 1 is 1.50 bits per heavy atom. The van der Waals surface area contributed by atoms with Crippen molar-refractivity contribution in [1.82, 2.24) is 5.32 Å². The van der Waals surface area contributed by atoms with Gasteiger partial charge in [0.2, 0.25) is 0 Å². The molecule has 0 aliphatic heterocycles. The maximum atomic E-state index is 10.7. The summed E-state index contributed by atoms with van der Waals surface area (Å²) in [6.45, 7) is 2.24. The maximum Gasteiger partial charge on any atom is 0.325 e. The molecular formula is C7H14N2O3. The van der Waals surface area contributed by atoms with Crippen LogP contribution in [-0.2, 0) is 9.53 Å². The van der Waals surface area contributed by atoms with Gasteiger partial charge in [0, 0.05) is 0 Å². The van der Waals surface area contributed by atoms with Crippen LogP contribution < -0.4 is 11.1 Å². The molecule has 0 saturated heterocycles. The number of carbonyl (C=O) groups excluding carboxylic acids is 2. The molecule has 3 N–H and O–H groups in total. The molecule has 0 saturated carbocycles. The average Bonchev–Trinajstić information content (AvgIpc) is 2.01. The molecule has 0 aromatic rings. The largest absolute Gasteiger partial charge is 0.464 e. The number of esters is 1. The minimum atomic E-state index is -0.720. The number of hydrogen-bond donors (Lipinski definition) is 2. The zero-order valence-electron chi connectivity index (χ0n) is 7.13. The molecule has 70 valence electrons. The van der Waals surface area contributed by atoms with Crippen LogP contribution in [0.2, 0.25) is 0 Å². The van der Waals surface area contributed by atoms with Crippen LogP contribution >= 0.6 is 0 Å². The molecule has 5 nitrogen and oxygen atoms in total. The van der Waals surface area contributed by atoms with E-state index in [9.17, 15) is 9.59 Å². The predicted molar refractivity (Wildman–Crippen MR) is 43.5 cm³/mol. The second-order valence-corrected chi connectivity index (χ2v) is 2.29. The summed E-state index contributed by atoms with van der Waals surface area (Å²) in [4.78, 5) is 20.9. The number of hydrogen-bond acceptors (Lipinski definition) is 3. The topological polar surface area (TPSA) is 81.4 Å². The van der Waals surface area contributed by atoms with Gasteiger partial charge in [0.25, 0.3) is 0 Å². The Kier molecular flexibility index (Phi) is 5.77. The van der Waals surface area contributed by atoms with Gasteiger partial charge in [0.1, 0.15) is 6.54 Å². The number of urea groups is 1. The maximum absolute atomic E-state index is 10.7. The zero-order valence-corrected chi connectivity index (χ0v) is 7.13. The Morgan fingerprint density at radius 3 is 2.67 bits per heavy atom. The van der Waals surface area contributed by atoms with E-state index >= 15 is 0 Å². The van der Waals surface area contributed by atoms with Gasteiger partial charge in [0.15, 0.2) is 0 Å². The first-order chi connectivity index (χ1) is 5.66. The third kappa shape index (κ3) is 6.85. The molecule has 0 fully saturated rings. The van der Waals surface area contributed by atoms with Crippen molar-refractivity contribution in [2.45, 2.75) is 19.8 Å². The Labute approximate surface area is 71.3 Å². The van der Waals surface area contributed by atoms with Gasteiger partial charge in [-0.2, -0.15) is 0 Å². The fraction of sp³-hybridized carbons (Fsp3) is 0.714. The van der Waals surface area contributed by atoms with E-state index in [4.69, 9.17) is 10.5 Å². The molecule has 0 spiro atoms. The summed E-state index contributed by atoms with van der Waals surface area (Å²) in [5, 5.41) is 2.14. The zero-order chi connectivity index (χ0) is 9.40. The van der Waals surface area contributed by atoms with E-state index < -0.39 is 12.0 Å².